The van der Waals surface area contributed by atoms with Crippen molar-refractivity contribution in [1.82, 2.24) is 30.4 Å². The highest BCUT2D eigenvalue weighted by molar-refractivity contribution is 5.89. The van der Waals surface area contributed by atoms with Crippen LogP contribution >= 0.6 is 0 Å². The molecule has 1 fully saturated rings. The summed E-state index contributed by atoms with van der Waals surface area (Å²) in [7, 11) is 3.10. The summed E-state index contributed by atoms with van der Waals surface area (Å²) in [6.07, 6.45) is 4.62. The first-order chi connectivity index (χ1) is 20.9. The highest BCUT2D eigenvalue weighted by atomic mass is 19.1. The Morgan fingerprint density at radius 2 is 1.77 bits per heavy atom. The predicted octanol–water partition coefficient (Wildman–Crippen LogP) is 2.44. The van der Waals surface area contributed by atoms with Crippen LogP contribution in [0.25, 0.3) is 11.4 Å². The average Bonchev–Trinajstić information content (AvgIpc) is 3.71. The lowest BCUT2D eigenvalue weighted by atomic mass is 10.0. The fourth-order valence-electron chi connectivity index (χ4n) is 5.58. The van der Waals surface area contributed by atoms with Crippen molar-refractivity contribution in [3.63, 3.8) is 0 Å². The van der Waals surface area contributed by atoms with Gasteiger partial charge in [-0.15, -0.1) is 10.2 Å². The number of nitrogens with zero attached hydrogens (tertiary/aromatic N) is 5. The minimum Gasteiger partial charge on any atom is -0.493 e. The first-order valence-corrected chi connectivity index (χ1v) is 15.1. The van der Waals surface area contributed by atoms with E-state index >= 15 is 0 Å². The molecule has 1 aliphatic rings. The Morgan fingerprint density at radius 1 is 1.07 bits per heavy atom. The Labute approximate surface area is 252 Å². The summed E-state index contributed by atoms with van der Waals surface area (Å²) in [6, 6.07) is 10.2. The third kappa shape index (κ3) is 8.28. The summed E-state index contributed by atoms with van der Waals surface area (Å²) >= 11 is 0. The van der Waals surface area contributed by atoms with Gasteiger partial charge in [-0.05, 0) is 67.8 Å². The third-order valence-corrected chi connectivity index (χ3v) is 8.07. The van der Waals surface area contributed by atoms with Crippen LogP contribution in [0.2, 0.25) is 0 Å². The molecule has 0 radical (unpaired) electrons. The molecule has 0 spiro atoms. The quantitative estimate of drug-likeness (QED) is 0.277. The molecule has 3 aromatic rings. The highest BCUT2D eigenvalue weighted by Gasteiger charge is 2.33. The van der Waals surface area contributed by atoms with E-state index in [1.807, 2.05) is 0 Å². The van der Waals surface area contributed by atoms with Crippen LogP contribution in [0.3, 0.4) is 0 Å². The summed E-state index contributed by atoms with van der Waals surface area (Å²) in [4.78, 5) is 32.0. The van der Waals surface area contributed by atoms with Crippen molar-refractivity contribution < 1.29 is 28.4 Å². The van der Waals surface area contributed by atoms with Gasteiger partial charge < -0.3 is 24.6 Å². The number of hydrogen-bond acceptors (Lipinski definition) is 7. The maximum atomic E-state index is 14.0. The number of methoxy groups -OCH3 is 2. The number of aromatic nitrogens is 4. The van der Waals surface area contributed by atoms with E-state index < -0.39 is 11.9 Å². The van der Waals surface area contributed by atoms with E-state index in [-0.39, 0.29) is 24.4 Å². The van der Waals surface area contributed by atoms with Crippen molar-refractivity contribution >= 4 is 11.8 Å². The van der Waals surface area contributed by atoms with E-state index in [2.05, 4.69) is 34.6 Å². The number of benzene rings is 2. The van der Waals surface area contributed by atoms with Crippen LogP contribution in [-0.2, 0) is 16.1 Å². The molecule has 232 valence electrons. The molecule has 43 heavy (non-hydrogen) atoms. The van der Waals surface area contributed by atoms with Crippen LogP contribution < -0.4 is 19.7 Å². The van der Waals surface area contributed by atoms with E-state index in [0.717, 1.165) is 45.3 Å². The molecule has 1 aromatic heterocycles. The molecule has 4 rings (SSSR count). The van der Waals surface area contributed by atoms with Gasteiger partial charge in [-0.25, -0.2) is 4.39 Å². The Bertz CT molecular complexity index is 1340. The molecule has 1 unspecified atom stereocenters. The first kappa shape index (κ1) is 31.9. The number of tetrazole rings is 1. The van der Waals surface area contributed by atoms with E-state index in [1.54, 1.807) is 49.5 Å². The van der Waals surface area contributed by atoms with Gasteiger partial charge in [0.2, 0.25) is 17.6 Å². The highest BCUT2D eigenvalue weighted by Crippen LogP contribution is 2.31. The van der Waals surface area contributed by atoms with Crippen molar-refractivity contribution in [2.24, 2.45) is 0 Å². The van der Waals surface area contributed by atoms with Crippen LogP contribution in [-0.4, -0.2) is 83.4 Å². The molecule has 1 atom stereocenters. The summed E-state index contributed by atoms with van der Waals surface area (Å²) in [5, 5.41) is 15.9. The van der Waals surface area contributed by atoms with Gasteiger partial charge in [0, 0.05) is 24.6 Å². The molecule has 2 aromatic carbocycles. The smallest absolute Gasteiger partial charge is 0.247 e. The largest absolute Gasteiger partial charge is 0.493 e. The number of halogens is 1. The lowest BCUT2D eigenvalue weighted by molar-refractivity contribution is -0.896. The van der Waals surface area contributed by atoms with Crippen molar-refractivity contribution in [3.8, 4) is 22.9 Å². The molecule has 0 saturated heterocycles. The Morgan fingerprint density at radius 3 is 2.42 bits per heavy atom. The molecular formula is C31H43FN7O4+. The number of hydrogen-bond donors (Lipinski definition) is 2. The first-order valence-electron chi connectivity index (χ1n) is 15.1. The number of amides is 2. The van der Waals surface area contributed by atoms with E-state index in [4.69, 9.17) is 9.47 Å². The monoisotopic (exact) mass is 596 g/mol. The van der Waals surface area contributed by atoms with Crippen LogP contribution in [0, 0.1) is 5.82 Å². The molecule has 1 saturated carbocycles. The zero-order chi connectivity index (χ0) is 30.8. The maximum Gasteiger partial charge on any atom is 0.247 e. The third-order valence-electron chi connectivity index (χ3n) is 8.07. The van der Waals surface area contributed by atoms with Crippen LogP contribution in [0.5, 0.6) is 11.5 Å². The molecule has 0 bridgehead atoms. The molecule has 12 heteroatoms. The van der Waals surface area contributed by atoms with E-state index in [0.29, 0.717) is 41.4 Å². The predicted molar refractivity (Wildman–Crippen MR) is 159 cm³/mol. The second-order valence-electron chi connectivity index (χ2n) is 10.8. The van der Waals surface area contributed by atoms with Crippen LogP contribution in [0.15, 0.2) is 42.5 Å². The summed E-state index contributed by atoms with van der Waals surface area (Å²) in [6.45, 7) is 7.18. The van der Waals surface area contributed by atoms with Gasteiger partial charge in [-0.3, -0.25) is 9.59 Å². The molecule has 1 aliphatic carbocycles. The number of carbonyl (C=O) groups is 2. The second kappa shape index (κ2) is 15.4. The summed E-state index contributed by atoms with van der Waals surface area (Å²) in [5.41, 5.74) is 1.20. The minimum absolute atomic E-state index is 0.0635. The van der Waals surface area contributed by atoms with Gasteiger partial charge in [-0.2, -0.15) is 4.80 Å². The van der Waals surface area contributed by atoms with Gasteiger partial charge in [0.25, 0.3) is 0 Å². The van der Waals surface area contributed by atoms with Gasteiger partial charge >= 0.3 is 0 Å². The average molecular weight is 597 g/mol. The number of rotatable bonds is 15. The summed E-state index contributed by atoms with van der Waals surface area (Å²) in [5.74, 6) is 0.403. The summed E-state index contributed by atoms with van der Waals surface area (Å²) < 4.78 is 24.6. The molecule has 11 nitrogen and oxygen atoms in total. The minimum atomic E-state index is -0.922. The van der Waals surface area contributed by atoms with E-state index in [9.17, 15) is 14.0 Å². The molecular weight excluding hydrogens is 553 g/mol. The Hall–Kier alpha value is -4.06. The number of nitrogens with one attached hydrogen (secondary N) is 2. The zero-order valence-corrected chi connectivity index (χ0v) is 25.5. The van der Waals surface area contributed by atoms with Gasteiger partial charge in [-0.1, -0.05) is 25.0 Å². The zero-order valence-electron chi connectivity index (χ0n) is 25.5. The van der Waals surface area contributed by atoms with Crippen molar-refractivity contribution in [1.29, 1.82) is 0 Å². The molecule has 2 amide bonds. The lowest BCUT2D eigenvalue weighted by Crippen LogP contribution is -3.11. The van der Waals surface area contributed by atoms with Crippen molar-refractivity contribution in [2.75, 3.05) is 40.4 Å². The lowest BCUT2D eigenvalue weighted by Gasteiger charge is -2.32. The topological polar surface area (TPSA) is 116 Å². The van der Waals surface area contributed by atoms with Gasteiger partial charge in [0.05, 0.1) is 33.9 Å². The molecule has 1 heterocycles. The standard InChI is InChI=1S/C31H42FN7O4/c1-5-37(6-2)18-9-19-38(29(22-12-15-24(32)16-13-22)31(41)33-25-10-7-8-11-25)28(40)21-39-35-30(34-36-39)23-14-17-26(42-3)27(20-23)43-4/h12-17,20,25,29H,5-11,18-19,21H2,1-4H3,(H,33,41)/p+1. The number of quaternary nitrogens is 1. The fraction of sp³-hybridized carbons (Fsp3) is 0.516. The second-order valence-corrected chi connectivity index (χ2v) is 10.8. The van der Waals surface area contributed by atoms with Gasteiger partial charge in [0.15, 0.2) is 11.5 Å². The normalized spacial score (nSPS) is 14.1. The Balaban J connectivity index is 1.61. The molecule has 0 aliphatic heterocycles. The maximum absolute atomic E-state index is 14.0. The van der Waals surface area contributed by atoms with Crippen molar-refractivity contribution in [2.45, 2.75) is 64.6 Å². The Kier molecular flexibility index (Phi) is 11.4. The number of carbonyl (C=O) groups excluding carboxylic acids is 2. The van der Waals surface area contributed by atoms with Gasteiger partial charge in [0.1, 0.15) is 18.4 Å². The molecule has 2 N–H and O–H groups in total. The SMILES string of the molecule is CC[NH+](CC)CCCN(C(=O)Cn1nnc(-c2ccc(OC)c(OC)c2)n1)C(C(=O)NC1CCCC1)c1ccc(F)cc1. The van der Waals surface area contributed by atoms with Crippen LogP contribution in [0.1, 0.15) is 57.6 Å². The van der Waals surface area contributed by atoms with Crippen molar-refractivity contribution in [3.05, 3.63) is 53.8 Å². The van der Waals surface area contributed by atoms with Crippen LogP contribution in [0.4, 0.5) is 4.39 Å². The van der Waals surface area contributed by atoms with E-state index in [1.165, 1.54) is 21.8 Å². The number of ether oxygens (including phenoxy) is 2. The fourth-order valence-corrected chi connectivity index (χ4v) is 5.58.